The highest BCUT2D eigenvalue weighted by molar-refractivity contribution is 5.01. The first-order valence-corrected chi connectivity index (χ1v) is 7.87. The first-order valence-electron chi connectivity index (χ1n) is 7.87. The van der Waals surface area contributed by atoms with Gasteiger partial charge in [0.2, 0.25) is 5.89 Å². The van der Waals surface area contributed by atoms with E-state index in [1.54, 1.807) is 6.92 Å². The van der Waals surface area contributed by atoms with Crippen molar-refractivity contribution in [1.29, 1.82) is 0 Å². The van der Waals surface area contributed by atoms with E-state index in [0.29, 0.717) is 30.7 Å². The molecule has 0 unspecified atom stereocenters. The molecule has 1 saturated heterocycles. The Morgan fingerprint density at radius 2 is 2.12 bits per heavy atom. The molecule has 0 atom stereocenters. The van der Waals surface area contributed by atoms with E-state index in [1.165, 1.54) is 10.9 Å². The molecule has 0 aromatic carbocycles. The fourth-order valence-electron chi connectivity index (χ4n) is 2.91. The van der Waals surface area contributed by atoms with Crippen molar-refractivity contribution in [3.05, 3.63) is 40.2 Å². The third-order valence-corrected chi connectivity index (χ3v) is 4.22. The lowest BCUT2D eigenvalue weighted by atomic mass is 9.96. The zero-order chi connectivity index (χ0) is 17.1. The van der Waals surface area contributed by atoms with Crippen LogP contribution in [0.5, 0.6) is 0 Å². The van der Waals surface area contributed by atoms with Gasteiger partial charge in [-0.3, -0.25) is 14.3 Å². The Hall–Kier alpha value is -2.16. The highest BCUT2D eigenvalue weighted by atomic mass is 19.3. The summed E-state index contributed by atoms with van der Waals surface area (Å²) in [5.74, 6) is 1.55. The molecule has 0 radical (unpaired) electrons. The number of aromatic nitrogens is 4. The van der Waals surface area contributed by atoms with Gasteiger partial charge in [-0.05, 0) is 31.8 Å². The second kappa shape index (κ2) is 7.16. The van der Waals surface area contributed by atoms with Gasteiger partial charge in [-0.15, -0.1) is 0 Å². The van der Waals surface area contributed by atoms with Crippen LogP contribution in [-0.2, 0) is 13.1 Å². The molecule has 2 aromatic rings. The maximum atomic E-state index is 12.5. The highest BCUT2D eigenvalue weighted by Gasteiger charge is 2.21. The molecule has 7 nitrogen and oxygen atoms in total. The largest absolute Gasteiger partial charge is 0.340 e. The zero-order valence-electron chi connectivity index (χ0n) is 13.4. The highest BCUT2D eigenvalue weighted by Crippen LogP contribution is 2.20. The van der Waals surface area contributed by atoms with Crippen LogP contribution in [-0.4, -0.2) is 37.7 Å². The van der Waals surface area contributed by atoms with E-state index in [1.807, 2.05) is 0 Å². The molecule has 1 fully saturated rings. The average molecular weight is 339 g/mol. The molecule has 3 rings (SSSR count). The second-order valence-corrected chi connectivity index (χ2v) is 6.05. The second-order valence-electron chi connectivity index (χ2n) is 6.05. The van der Waals surface area contributed by atoms with Gasteiger partial charge in [-0.2, -0.15) is 4.98 Å². The Balaban J connectivity index is 1.53. The average Bonchev–Trinajstić information content (AvgIpc) is 2.96. The number of piperidine rings is 1. The zero-order valence-corrected chi connectivity index (χ0v) is 13.4. The molecule has 0 N–H and O–H groups in total. The molecule has 0 spiro atoms. The van der Waals surface area contributed by atoms with Gasteiger partial charge in [0.25, 0.3) is 12.0 Å². The maximum Gasteiger partial charge on any atom is 0.280 e. The van der Waals surface area contributed by atoms with Gasteiger partial charge in [-0.1, -0.05) is 5.16 Å². The molecule has 0 bridgehead atoms. The molecule has 24 heavy (non-hydrogen) atoms. The van der Waals surface area contributed by atoms with E-state index in [0.717, 1.165) is 32.0 Å². The summed E-state index contributed by atoms with van der Waals surface area (Å²) in [5, 5.41) is 3.89. The van der Waals surface area contributed by atoms with Gasteiger partial charge in [0, 0.05) is 19.5 Å². The van der Waals surface area contributed by atoms with E-state index in [9.17, 15) is 13.6 Å². The normalized spacial score (nSPS) is 16.8. The Morgan fingerprint density at radius 3 is 2.71 bits per heavy atom. The SMILES string of the molecule is Cc1nc(CN2CCC(Cn3cnc(C(F)F)cc3=O)CC2)no1. The molecular formula is C15H19F2N5O2. The molecule has 3 heterocycles. The molecule has 2 aromatic heterocycles. The van der Waals surface area contributed by atoms with Crippen LogP contribution in [0.1, 0.15) is 36.7 Å². The Bertz CT molecular complexity index is 737. The fourth-order valence-corrected chi connectivity index (χ4v) is 2.91. The van der Waals surface area contributed by atoms with Crippen molar-refractivity contribution in [2.75, 3.05) is 13.1 Å². The summed E-state index contributed by atoms with van der Waals surface area (Å²) in [6.07, 6.45) is 0.335. The molecule has 1 aliphatic heterocycles. The summed E-state index contributed by atoms with van der Waals surface area (Å²) in [6.45, 7) is 4.65. The minimum atomic E-state index is -2.72. The van der Waals surface area contributed by atoms with Crippen LogP contribution < -0.4 is 5.56 Å². The van der Waals surface area contributed by atoms with Crippen molar-refractivity contribution in [3.63, 3.8) is 0 Å². The lowest BCUT2D eigenvalue weighted by Crippen LogP contribution is -2.36. The van der Waals surface area contributed by atoms with Gasteiger partial charge in [0.05, 0.1) is 12.9 Å². The van der Waals surface area contributed by atoms with E-state index in [4.69, 9.17) is 4.52 Å². The van der Waals surface area contributed by atoms with Crippen molar-refractivity contribution in [2.45, 2.75) is 39.3 Å². The Morgan fingerprint density at radius 1 is 1.38 bits per heavy atom. The summed E-state index contributed by atoms with van der Waals surface area (Å²) in [6, 6.07) is 0.915. The minimum absolute atomic E-state index is 0.324. The smallest absolute Gasteiger partial charge is 0.280 e. The number of nitrogens with zero attached hydrogens (tertiary/aromatic N) is 5. The predicted octanol–water partition coefficient (Wildman–Crippen LogP) is 1.78. The Labute approximate surface area is 137 Å². The van der Waals surface area contributed by atoms with Gasteiger partial charge in [0.1, 0.15) is 5.69 Å². The predicted molar refractivity (Wildman–Crippen MR) is 80.5 cm³/mol. The van der Waals surface area contributed by atoms with E-state index in [-0.39, 0.29) is 0 Å². The lowest BCUT2D eigenvalue weighted by Gasteiger charge is -2.31. The molecule has 130 valence electrons. The van der Waals surface area contributed by atoms with Crippen molar-refractivity contribution >= 4 is 0 Å². The quantitative estimate of drug-likeness (QED) is 0.826. The van der Waals surface area contributed by atoms with Gasteiger partial charge >= 0.3 is 0 Å². The van der Waals surface area contributed by atoms with Crippen molar-refractivity contribution in [1.82, 2.24) is 24.6 Å². The third-order valence-electron chi connectivity index (χ3n) is 4.22. The summed E-state index contributed by atoms with van der Waals surface area (Å²) < 4.78 is 31.4. The summed E-state index contributed by atoms with van der Waals surface area (Å²) in [7, 11) is 0. The number of likely N-dealkylation sites (tertiary alicyclic amines) is 1. The van der Waals surface area contributed by atoms with E-state index in [2.05, 4.69) is 20.0 Å². The van der Waals surface area contributed by atoms with Crippen molar-refractivity contribution in [3.8, 4) is 0 Å². The fraction of sp³-hybridized carbons (Fsp3) is 0.600. The maximum absolute atomic E-state index is 12.5. The number of hydrogen-bond donors (Lipinski definition) is 0. The van der Waals surface area contributed by atoms with Gasteiger partial charge in [0.15, 0.2) is 5.82 Å². The van der Waals surface area contributed by atoms with Gasteiger partial charge in [-0.25, -0.2) is 13.8 Å². The summed E-state index contributed by atoms with van der Waals surface area (Å²) in [4.78, 5) is 22.0. The molecule has 0 amide bonds. The van der Waals surface area contributed by atoms with Crippen LogP contribution in [0.4, 0.5) is 8.78 Å². The molecule has 0 saturated carbocycles. The summed E-state index contributed by atoms with van der Waals surface area (Å²) in [5.41, 5.74) is -0.897. The number of rotatable bonds is 5. The monoisotopic (exact) mass is 339 g/mol. The van der Waals surface area contributed by atoms with Crippen LogP contribution >= 0.6 is 0 Å². The molecule has 1 aliphatic rings. The number of hydrogen-bond acceptors (Lipinski definition) is 6. The number of alkyl halides is 2. The van der Waals surface area contributed by atoms with E-state index >= 15 is 0 Å². The van der Waals surface area contributed by atoms with Crippen molar-refractivity contribution < 1.29 is 13.3 Å². The molecule has 0 aliphatic carbocycles. The van der Waals surface area contributed by atoms with E-state index < -0.39 is 17.7 Å². The first-order chi connectivity index (χ1) is 11.5. The van der Waals surface area contributed by atoms with Crippen LogP contribution in [0.25, 0.3) is 0 Å². The Kier molecular flexibility index (Phi) is 4.98. The van der Waals surface area contributed by atoms with Crippen LogP contribution in [0.2, 0.25) is 0 Å². The van der Waals surface area contributed by atoms with Crippen molar-refractivity contribution in [2.24, 2.45) is 5.92 Å². The third kappa shape index (κ3) is 4.02. The number of aryl methyl sites for hydroxylation is 1. The molecular weight excluding hydrogens is 320 g/mol. The van der Waals surface area contributed by atoms with Crippen LogP contribution in [0.3, 0.4) is 0 Å². The van der Waals surface area contributed by atoms with Crippen LogP contribution in [0, 0.1) is 12.8 Å². The van der Waals surface area contributed by atoms with Crippen LogP contribution in [0.15, 0.2) is 21.7 Å². The first kappa shape index (κ1) is 16.7. The topological polar surface area (TPSA) is 77.1 Å². The summed E-state index contributed by atoms with van der Waals surface area (Å²) >= 11 is 0. The minimum Gasteiger partial charge on any atom is -0.340 e. The number of halogens is 2. The standard InChI is InChI=1S/C15H19F2N5O2/c1-10-19-13(20-24-10)8-21-4-2-11(3-5-21)7-22-9-18-12(15(16)17)6-14(22)23/h6,9,11,15H,2-5,7-8H2,1H3. The van der Waals surface area contributed by atoms with Gasteiger partial charge < -0.3 is 4.52 Å². The lowest BCUT2D eigenvalue weighted by molar-refractivity contribution is 0.144. The molecule has 9 heteroatoms.